The van der Waals surface area contributed by atoms with Gasteiger partial charge in [0.2, 0.25) is 0 Å². The van der Waals surface area contributed by atoms with Gasteiger partial charge in [0.1, 0.15) is 0 Å². The van der Waals surface area contributed by atoms with Crippen molar-refractivity contribution in [2.24, 2.45) is 0 Å². The van der Waals surface area contributed by atoms with Gasteiger partial charge in [-0.1, -0.05) is 48.2 Å². The first-order chi connectivity index (χ1) is 14.0. The Morgan fingerprint density at radius 1 is 1.17 bits per heavy atom. The van der Waals surface area contributed by atoms with E-state index in [9.17, 15) is 9.59 Å². The van der Waals surface area contributed by atoms with Crippen molar-refractivity contribution in [3.05, 3.63) is 71.9 Å². The van der Waals surface area contributed by atoms with Crippen LogP contribution in [0.4, 0.5) is 0 Å². The molecule has 1 aromatic heterocycles. The van der Waals surface area contributed by atoms with E-state index in [2.05, 4.69) is 53.6 Å². The molecule has 2 atom stereocenters. The molecule has 3 rings (SSSR count). The monoisotopic (exact) mass is 416 g/mol. The summed E-state index contributed by atoms with van der Waals surface area (Å²) in [5, 5.41) is 20.4. The first kappa shape index (κ1) is 22.6. The number of hydrogen-bond acceptors (Lipinski definition) is 6. The third-order valence-corrected chi connectivity index (χ3v) is 5.47. The van der Waals surface area contributed by atoms with E-state index in [1.165, 1.54) is 11.1 Å². The zero-order chi connectivity index (χ0) is 21.1. The fourth-order valence-corrected chi connectivity index (χ4v) is 3.87. The molecule has 1 aliphatic heterocycles. The Morgan fingerprint density at radius 3 is 2.41 bits per heavy atom. The minimum atomic E-state index is -1.26. The second-order valence-electron chi connectivity index (χ2n) is 6.20. The molecule has 1 aromatic carbocycles. The number of rotatable bonds is 6. The first-order valence-electron chi connectivity index (χ1n) is 9.07. The van der Waals surface area contributed by atoms with Gasteiger partial charge in [0.25, 0.3) is 0 Å². The minimum Gasteiger partial charge on any atom is -0.478 e. The van der Waals surface area contributed by atoms with Gasteiger partial charge in [-0.3, -0.25) is 0 Å². The number of aryl methyl sites for hydroxylation is 1. The molecular formula is C21H24N2O5S. The Kier molecular flexibility index (Phi) is 9.36. The lowest BCUT2D eigenvalue weighted by Gasteiger charge is -2.31. The van der Waals surface area contributed by atoms with Crippen LogP contribution in [-0.2, 0) is 14.3 Å². The van der Waals surface area contributed by atoms with Crippen molar-refractivity contribution >= 4 is 23.7 Å². The van der Waals surface area contributed by atoms with Crippen LogP contribution < -0.4 is 5.32 Å². The van der Waals surface area contributed by atoms with Crippen LogP contribution in [0.3, 0.4) is 0 Å². The number of benzene rings is 1. The van der Waals surface area contributed by atoms with Gasteiger partial charge in [-0.2, -0.15) is 0 Å². The van der Waals surface area contributed by atoms with Crippen molar-refractivity contribution in [1.82, 2.24) is 10.3 Å². The van der Waals surface area contributed by atoms with Gasteiger partial charge in [-0.25, -0.2) is 14.6 Å². The molecule has 7 nitrogen and oxygen atoms in total. The minimum absolute atomic E-state index is 0.174. The average molecular weight is 416 g/mol. The zero-order valence-electron chi connectivity index (χ0n) is 16.0. The number of pyridine rings is 1. The SMILES string of the molecule is Cc1cccnc1S[C@@H](c1ccccc1)[C@@H]1CNCCO1.O=C(O)C=CC(=O)O. The number of ether oxygens (including phenoxy) is 1. The molecule has 0 aliphatic carbocycles. The van der Waals surface area contributed by atoms with Crippen molar-refractivity contribution in [2.75, 3.05) is 19.7 Å². The Hall–Kier alpha value is -2.68. The lowest BCUT2D eigenvalue weighted by Crippen LogP contribution is -2.41. The molecule has 3 N–H and O–H groups in total. The number of aromatic nitrogens is 1. The van der Waals surface area contributed by atoms with Crippen molar-refractivity contribution in [3.63, 3.8) is 0 Å². The summed E-state index contributed by atoms with van der Waals surface area (Å²) in [6.45, 7) is 4.71. The summed E-state index contributed by atoms with van der Waals surface area (Å²) < 4.78 is 6.00. The van der Waals surface area contributed by atoms with Gasteiger partial charge < -0.3 is 20.3 Å². The summed E-state index contributed by atoms with van der Waals surface area (Å²) in [7, 11) is 0. The zero-order valence-corrected chi connectivity index (χ0v) is 16.8. The predicted molar refractivity (Wildman–Crippen MR) is 111 cm³/mol. The van der Waals surface area contributed by atoms with Crippen LogP contribution in [-0.4, -0.2) is 52.9 Å². The van der Waals surface area contributed by atoms with E-state index in [4.69, 9.17) is 14.9 Å². The summed E-state index contributed by atoms with van der Waals surface area (Å²) >= 11 is 1.80. The molecule has 2 heterocycles. The molecule has 0 unspecified atom stereocenters. The van der Waals surface area contributed by atoms with Gasteiger partial charge in [-0.05, 0) is 24.1 Å². The van der Waals surface area contributed by atoms with Gasteiger partial charge in [0, 0.05) is 31.4 Å². The van der Waals surface area contributed by atoms with E-state index in [-0.39, 0.29) is 11.4 Å². The molecule has 0 saturated carbocycles. The number of morpholine rings is 1. The van der Waals surface area contributed by atoms with Gasteiger partial charge in [-0.15, -0.1) is 0 Å². The molecule has 2 aromatic rings. The van der Waals surface area contributed by atoms with Gasteiger partial charge >= 0.3 is 11.9 Å². The van der Waals surface area contributed by atoms with Gasteiger partial charge in [0.15, 0.2) is 0 Å². The summed E-state index contributed by atoms with van der Waals surface area (Å²) in [6.07, 6.45) is 3.15. The van der Waals surface area contributed by atoms with E-state index in [0.29, 0.717) is 12.2 Å². The largest absolute Gasteiger partial charge is 0.478 e. The van der Waals surface area contributed by atoms with Crippen molar-refractivity contribution < 1.29 is 24.5 Å². The quantitative estimate of drug-likeness (QED) is 0.487. The molecule has 1 aliphatic rings. The number of nitrogens with zero attached hydrogens (tertiary/aromatic N) is 1. The van der Waals surface area contributed by atoms with E-state index >= 15 is 0 Å². The Bertz CT molecular complexity index is 807. The third-order valence-electron chi connectivity index (χ3n) is 3.99. The number of carboxylic acids is 2. The van der Waals surface area contributed by atoms with Crippen LogP contribution in [0.15, 0.2) is 65.8 Å². The molecule has 29 heavy (non-hydrogen) atoms. The summed E-state index contributed by atoms with van der Waals surface area (Å²) in [5.74, 6) is -2.51. The third kappa shape index (κ3) is 8.06. The van der Waals surface area contributed by atoms with Crippen LogP contribution in [0.1, 0.15) is 16.4 Å². The summed E-state index contributed by atoms with van der Waals surface area (Å²) in [4.78, 5) is 23.6. The number of carbonyl (C=O) groups is 2. The van der Waals surface area contributed by atoms with Gasteiger partial charge in [0.05, 0.1) is 23.0 Å². The lowest BCUT2D eigenvalue weighted by atomic mass is 10.1. The molecule has 0 spiro atoms. The van der Waals surface area contributed by atoms with Crippen molar-refractivity contribution in [1.29, 1.82) is 0 Å². The number of nitrogens with one attached hydrogen (secondary N) is 1. The Balaban J connectivity index is 0.000000321. The van der Waals surface area contributed by atoms with E-state index in [0.717, 1.165) is 24.7 Å². The van der Waals surface area contributed by atoms with E-state index in [1.54, 1.807) is 11.8 Å². The van der Waals surface area contributed by atoms with Crippen LogP contribution in [0, 0.1) is 6.92 Å². The number of aliphatic carboxylic acids is 2. The molecular weight excluding hydrogens is 392 g/mol. The highest BCUT2D eigenvalue weighted by Crippen LogP contribution is 2.39. The molecule has 0 amide bonds. The maximum Gasteiger partial charge on any atom is 0.328 e. The van der Waals surface area contributed by atoms with Crippen LogP contribution in [0.2, 0.25) is 0 Å². The standard InChI is InChI=1S/C17H20N2OS.C4H4O4/c1-13-6-5-9-19-17(13)21-16(14-7-3-2-4-8-14)15-12-18-10-11-20-15;5-3(6)1-2-4(7)8/h2-9,15-16,18H,10-12H2,1H3;1-2H,(H,5,6)(H,7,8)/t15-,16-;/m0./s1. The maximum absolute atomic E-state index is 9.55. The van der Waals surface area contributed by atoms with E-state index < -0.39 is 11.9 Å². The fraction of sp³-hybridized carbons (Fsp3) is 0.286. The summed E-state index contributed by atoms with van der Waals surface area (Å²) in [6, 6.07) is 14.7. The highest BCUT2D eigenvalue weighted by atomic mass is 32.2. The normalized spacial score (nSPS) is 17.2. The topological polar surface area (TPSA) is 109 Å². The smallest absolute Gasteiger partial charge is 0.328 e. The number of thioether (sulfide) groups is 1. The van der Waals surface area contributed by atoms with Crippen molar-refractivity contribution in [2.45, 2.75) is 23.3 Å². The molecule has 1 fully saturated rings. The Labute approximate surface area is 173 Å². The fourth-order valence-electron chi connectivity index (χ4n) is 2.64. The molecule has 0 radical (unpaired) electrons. The van der Waals surface area contributed by atoms with Crippen LogP contribution in [0.5, 0.6) is 0 Å². The Morgan fingerprint density at radius 2 is 1.86 bits per heavy atom. The molecule has 1 saturated heterocycles. The van der Waals surface area contributed by atoms with Crippen molar-refractivity contribution in [3.8, 4) is 0 Å². The highest BCUT2D eigenvalue weighted by Gasteiger charge is 2.27. The second kappa shape index (κ2) is 12.0. The highest BCUT2D eigenvalue weighted by molar-refractivity contribution is 7.99. The van der Waals surface area contributed by atoms with E-state index in [1.807, 2.05) is 12.3 Å². The molecule has 8 heteroatoms. The maximum atomic E-state index is 9.55. The average Bonchev–Trinajstić information content (AvgIpc) is 2.73. The van der Waals surface area contributed by atoms with Crippen LogP contribution in [0.25, 0.3) is 0 Å². The summed E-state index contributed by atoms with van der Waals surface area (Å²) in [5.41, 5.74) is 2.51. The number of carboxylic acid groups (broad SMARTS) is 2. The van der Waals surface area contributed by atoms with Crippen LogP contribution >= 0.6 is 11.8 Å². The number of hydrogen-bond donors (Lipinski definition) is 3. The molecule has 154 valence electrons. The lowest BCUT2D eigenvalue weighted by molar-refractivity contribution is -0.134. The first-order valence-corrected chi connectivity index (χ1v) is 9.95. The second-order valence-corrected chi connectivity index (χ2v) is 7.33. The predicted octanol–water partition coefficient (Wildman–Crippen LogP) is 2.92. The molecule has 0 bridgehead atoms.